The minimum atomic E-state index is -0.376. The molecule has 0 aliphatic carbocycles. The Kier molecular flexibility index (Phi) is 4.86. The predicted molar refractivity (Wildman–Crippen MR) is 119 cm³/mol. The monoisotopic (exact) mass is 427 g/mol. The van der Waals surface area contributed by atoms with Gasteiger partial charge in [0.15, 0.2) is 11.5 Å². The van der Waals surface area contributed by atoms with E-state index in [1.807, 2.05) is 32.0 Å². The fourth-order valence-electron chi connectivity index (χ4n) is 3.97. The number of anilines is 1. The highest BCUT2D eigenvalue weighted by Gasteiger charge is 2.39. The molecule has 0 unspecified atom stereocenters. The van der Waals surface area contributed by atoms with Crippen LogP contribution in [0.5, 0.6) is 11.5 Å². The predicted octanol–water partition coefficient (Wildman–Crippen LogP) is 3.82. The zero-order valence-electron chi connectivity index (χ0n) is 17.7. The molecule has 2 aromatic carbocycles. The van der Waals surface area contributed by atoms with Crippen molar-refractivity contribution < 1.29 is 19.1 Å². The molecule has 7 heteroatoms. The second-order valence-corrected chi connectivity index (χ2v) is 7.81. The van der Waals surface area contributed by atoms with Gasteiger partial charge in [-0.3, -0.25) is 19.5 Å². The molecule has 3 aromatic rings. The van der Waals surface area contributed by atoms with E-state index in [4.69, 9.17) is 9.47 Å². The Morgan fingerprint density at radius 3 is 2.50 bits per heavy atom. The molecule has 0 saturated heterocycles. The van der Waals surface area contributed by atoms with Crippen LogP contribution in [0.15, 0.2) is 66.6 Å². The van der Waals surface area contributed by atoms with Gasteiger partial charge in [-0.2, -0.15) is 0 Å². The maximum Gasteiger partial charge on any atom is 0.278 e. The molecule has 3 heterocycles. The van der Waals surface area contributed by atoms with Crippen molar-refractivity contribution in [3.8, 4) is 11.5 Å². The summed E-state index contributed by atoms with van der Waals surface area (Å²) >= 11 is 0. The van der Waals surface area contributed by atoms with E-state index in [9.17, 15) is 9.59 Å². The normalized spacial score (nSPS) is 15.0. The van der Waals surface area contributed by atoms with Crippen molar-refractivity contribution in [1.29, 1.82) is 0 Å². The van der Waals surface area contributed by atoms with Crippen molar-refractivity contribution in [3.63, 3.8) is 0 Å². The fraction of sp³-hybridized carbons (Fsp3) is 0.160. The van der Waals surface area contributed by atoms with E-state index in [0.29, 0.717) is 22.8 Å². The number of amides is 2. The maximum atomic E-state index is 13.5. The molecular formula is C25H21N3O4. The molecule has 2 aliphatic heterocycles. The summed E-state index contributed by atoms with van der Waals surface area (Å²) in [4.78, 5) is 32.2. The Hall–Kier alpha value is -4.13. The smallest absolute Gasteiger partial charge is 0.278 e. The minimum Gasteiger partial charge on any atom is -0.454 e. The van der Waals surface area contributed by atoms with E-state index in [0.717, 1.165) is 22.3 Å². The molecule has 1 aromatic heterocycles. The molecule has 32 heavy (non-hydrogen) atoms. The number of benzene rings is 2. The second-order valence-electron chi connectivity index (χ2n) is 7.81. The van der Waals surface area contributed by atoms with Crippen molar-refractivity contribution in [2.45, 2.75) is 20.4 Å². The fourth-order valence-corrected chi connectivity index (χ4v) is 3.97. The standard InChI is InChI=1S/C25H21N3O4/c1-15-3-5-19(16(2)11-15)22-23(27-18-4-6-20-21(12-18)32-14-31-20)25(30)28(24(22)29)13-17-7-9-26-10-8-17/h3-12,27H,13-14H2,1-2H3. The number of ether oxygens (including phenoxy) is 2. The zero-order valence-corrected chi connectivity index (χ0v) is 17.7. The summed E-state index contributed by atoms with van der Waals surface area (Å²) in [6.45, 7) is 4.26. The van der Waals surface area contributed by atoms with Gasteiger partial charge in [0.2, 0.25) is 6.79 Å². The van der Waals surface area contributed by atoms with Gasteiger partial charge in [-0.25, -0.2) is 0 Å². The van der Waals surface area contributed by atoms with Gasteiger partial charge in [0.1, 0.15) is 5.70 Å². The van der Waals surface area contributed by atoms with Gasteiger partial charge < -0.3 is 14.8 Å². The lowest BCUT2D eigenvalue weighted by atomic mass is 9.97. The third kappa shape index (κ3) is 3.47. The highest BCUT2D eigenvalue weighted by atomic mass is 16.7. The number of rotatable bonds is 5. The lowest BCUT2D eigenvalue weighted by molar-refractivity contribution is -0.137. The highest BCUT2D eigenvalue weighted by Crippen LogP contribution is 2.37. The van der Waals surface area contributed by atoms with E-state index in [2.05, 4.69) is 10.3 Å². The maximum absolute atomic E-state index is 13.5. The third-order valence-electron chi connectivity index (χ3n) is 5.55. The van der Waals surface area contributed by atoms with Crippen LogP contribution in [0.3, 0.4) is 0 Å². The summed E-state index contributed by atoms with van der Waals surface area (Å²) in [5.41, 5.74) is 4.81. The van der Waals surface area contributed by atoms with Crippen LogP contribution >= 0.6 is 0 Å². The number of hydrogen-bond donors (Lipinski definition) is 1. The molecule has 5 rings (SSSR count). The van der Waals surface area contributed by atoms with E-state index in [1.54, 1.807) is 42.7 Å². The third-order valence-corrected chi connectivity index (χ3v) is 5.55. The van der Waals surface area contributed by atoms with Gasteiger partial charge in [0.25, 0.3) is 11.8 Å². The summed E-state index contributed by atoms with van der Waals surface area (Å²) < 4.78 is 10.8. The van der Waals surface area contributed by atoms with Crippen molar-refractivity contribution in [2.75, 3.05) is 12.1 Å². The Labute approximate surface area is 185 Å². The van der Waals surface area contributed by atoms with Crippen LogP contribution in [0.4, 0.5) is 5.69 Å². The van der Waals surface area contributed by atoms with Crippen LogP contribution in [-0.2, 0) is 16.1 Å². The lowest BCUT2D eigenvalue weighted by Crippen LogP contribution is -2.32. The largest absolute Gasteiger partial charge is 0.454 e. The summed E-state index contributed by atoms with van der Waals surface area (Å²) in [6, 6.07) is 14.8. The number of pyridine rings is 1. The van der Waals surface area contributed by atoms with Gasteiger partial charge in [-0.15, -0.1) is 0 Å². The Bertz CT molecular complexity index is 1270. The molecule has 2 aliphatic rings. The second kappa shape index (κ2) is 7.85. The van der Waals surface area contributed by atoms with Crippen LogP contribution in [0.25, 0.3) is 5.57 Å². The van der Waals surface area contributed by atoms with Crippen LogP contribution in [0, 0.1) is 13.8 Å². The summed E-state index contributed by atoms with van der Waals surface area (Å²) in [7, 11) is 0. The van der Waals surface area contributed by atoms with Gasteiger partial charge in [0.05, 0.1) is 12.1 Å². The number of imide groups is 1. The lowest BCUT2D eigenvalue weighted by Gasteiger charge is -2.15. The number of carbonyl (C=O) groups excluding carboxylic acids is 2. The number of carbonyl (C=O) groups is 2. The number of hydrogen-bond acceptors (Lipinski definition) is 6. The average molecular weight is 427 g/mol. The van der Waals surface area contributed by atoms with Crippen LogP contribution in [0.2, 0.25) is 0 Å². The molecule has 0 spiro atoms. The summed E-state index contributed by atoms with van der Waals surface area (Å²) in [5.74, 6) is 0.530. The van der Waals surface area contributed by atoms with Crippen molar-refractivity contribution >= 4 is 23.1 Å². The van der Waals surface area contributed by atoms with Gasteiger partial charge in [-0.1, -0.05) is 23.8 Å². The number of fused-ring (bicyclic) bond motifs is 1. The number of aryl methyl sites for hydroxylation is 2. The van der Waals surface area contributed by atoms with Crippen LogP contribution in [-0.4, -0.2) is 28.5 Å². The Morgan fingerprint density at radius 2 is 1.72 bits per heavy atom. The van der Waals surface area contributed by atoms with Crippen molar-refractivity contribution in [1.82, 2.24) is 9.88 Å². The average Bonchev–Trinajstić information content (AvgIpc) is 3.34. The Morgan fingerprint density at radius 1 is 0.938 bits per heavy atom. The summed E-state index contributed by atoms with van der Waals surface area (Å²) in [5, 5.41) is 3.18. The molecule has 0 atom stereocenters. The first-order chi connectivity index (χ1) is 15.5. The summed E-state index contributed by atoms with van der Waals surface area (Å²) in [6.07, 6.45) is 3.29. The quantitative estimate of drug-likeness (QED) is 0.624. The highest BCUT2D eigenvalue weighted by molar-refractivity contribution is 6.36. The van der Waals surface area contributed by atoms with Crippen molar-refractivity contribution in [2.24, 2.45) is 0 Å². The van der Waals surface area contributed by atoms with Crippen LogP contribution in [0.1, 0.15) is 22.3 Å². The molecule has 2 amide bonds. The first-order valence-electron chi connectivity index (χ1n) is 10.2. The molecular weight excluding hydrogens is 406 g/mol. The minimum absolute atomic E-state index is 0.159. The number of nitrogens with one attached hydrogen (secondary N) is 1. The van der Waals surface area contributed by atoms with E-state index < -0.39 is 0 Å². The molecule has 0 fully saturated rings. The van der Waals surface area contributed by atoms with Gasteiger partial charge >= 0.3 is 0 Å². The van der Waals surface area contributed by atoms with Crippen molar-refractivity contribution in [3.05, 3.63) is 88.9 Å². The molecule has 0 bridgehead atoms. The van der Waals surface area contributed by atoms with E-state index >= 15 is 0 Å². The van der Waals surface area contributed by atoms with Gasteiger partial charge in [-0.05, 0) is 54.8 Å². The zero-order chi connectivity index (χ0) is 22.2. The Balaban J connectivity index is 1.56. The first-order valence-corrected chi connectivity index (χ1v) is 10.2. The molecule has 7 nitrogen and oxygen atoms in total. The SMILES string of the molecule is Cc1ccc(C2=C(Nc3ccc4c(c3)OCO4)C(=O)N(Cc3ccncc3)C2=O)c(C)c1. The first kappa shape index (κ1) is 19.8. The van der Waals surface area contributed by atoms with E-state index in [-0.39, 0.29) is 30.8 Å². The van der Waals surface area contributed by atoms with Gasteiger partial charge in [0, 0.05) is 24.1 Å². The number of nitrogens with zero attached hydrogens (tertiary/aromatic N) is 2. The topological polar surface area (TPSA) is 80.8 Å². The molecule has 160 valence electrons. The molecule has 1 N–H and O–H groups in total. The molecule has 0 radical (unpaired) electrons. The van der Waals surface area contributed by atoms with E-state index in [1.165, 1.54) is 4.90 Å². The van der Waals surface area contributed by atoms with Crippen LogP contribution < -0.4 is 14.8 Å². The molecule has 0 saturated carbocycles. The number of aromatic nitrogens is 1.